The Kier molecular flexibility index (Phi) is 8.60. The highest BCUT2D eigenvalue weighted by molar-refractivity contribution is 5.98. The number of hydrogen-bond acceptors (Lipinski definition) is 6. The number of rotatable bonds is 9. The smallest absolute Gasteiger partial charge is 0.251 e. The number of aromatic nitrogens is 4. The number of halogens is 2. The molecular weight excluding hydrogens is 504 g/mol. The molecule has 2 amide bonds. The number of carbonyl (C=O) groups excluding carboxylic acids is 2. The van der Waals surface area contributed by atoms with Gasteiger partial charge in [-0.3, -0.25) is 9.59 Å². The van der Waals surface area contributed by atoms with E-state index in [1.807, 2.05) is 28.9 Å². The molecule has 1 aromatic carbocycles. The predicted molar refractivity (Wildman–Crippen MR) is 146 cm³/mol. The average molecular weight is 534 g/mol. The standard InChI is InChI=1S/C28H29F2N7O2/c1-3-23(38)36-12-6-10-22(16-36)37-27-24(26(31)33-17-34-27)25(35-37)20-8-4-7-19(14-20)15-32-28(39)18(2)13-21(30)9-5-11-29/h3-5,7-9,13-14,17,22H,1-2,6,10-12,15-16H2,(H,32,39)(H2,31,33,34)/b9-5-,21-13+/t22-/m1/s1. The van der Waals surface area contributed by atoms with Crippen LogP contribution >= 0.6 is 0 Å². The number of alkyl halides is 1. The molecule has 0 unspecified atom stereocenters. The van der Waals surface area contributed by atoms with Crippen molar-refractivity contribution in [1.82, 2.24) is 30.0 Å². The van der Waals surface area contributed by atoms with Gasteiger partial charge >= 0.3 is 0 Å². The number of anilines is 1. The summed E-state index contributed by atoms with van der Waals surface area (Å²) < 4.78 is 27.7. The number of likely N-dealkylation sites (tertiary alicyclic amines) is 1. The van der Waals surface area contributed by atoms with E-state index in [-0.39, 0.29) is 29.9 Å². The van der Waals surface area contributed by atoms with Gasteiger partial charge in [0.2, 0.25) is 5.91 Å². The second kappa shape index (κ2) is 12.2. The van der Waals surface area contributed by atoms with Crippen LogP contribution in [0.5, 0.6) is 0 Å². The Morgan fingerprint density at radius 1 is 1.28 bits per heavy atom. The van der Waals surface area contributed by atoms with Crippen LogP contribution in [-0.2, 0) is 16.1 Å². The molecule has 0 saturated carbocycles. The SMILES string of the molecule is C=CC(=O)N1CCC[C@@H](n2nc(-c3cccc(CNC(=O)C(=C)/C=C(F)\C=C/CF)c3)c3c(N)ncnc32)C1. The summed E-state index contributed by atoms with van der Waals surface area (Å²) in [7, 11) is 0. The third kappa shape index (κ3) is 6.25. The van der Waals surface area contributed by atoms with E-state index >= 15 is 0 Å². The molecule has 1 atom stereocenters. The maximum absolute atomic E-state index is 13.7. The Labute approximate surface area is 224 Å². The van der Waals surface area contributed by atoms with Gasteiger partial charge in [-0.1, -0.05) is 37.4 Å². The molecule has 9 nitrogen and oxygen atoms in total. The van der Waals surface area contributed by atoms with Gasteiger partial charge in [-0.05, 0) is 42.7 Å². The minimum Gasteiger partial charge on any atom is -0.383 e. The lowest BCUT2D eigenvalue weighted by molar-refractivity contribution is -0.127. The van der Waals surface area contributed by atoms with Crippen LogP contribution in [0.15, 0.2) is 79.5 Å². The zero-order valence-electron chi connectivity index (χ0n) is 21.3. The number of benzene rings is 1. The van der Waals surface area contributed by atoms with E-state index in [0.29, 0.717) is 29.8 Å². The first-order valence-corrected chi connectivity index (χ1v) is 12.4. The second-order valence-corrected chi connectivity index (χ2v) is 9.03. The van der Waals surface area contributed by atoms with Crippen LogP contribution in [0.25, 0.3) is 22.3 Å². The highest BCUT2D eigenvalue weighted by atomic mass is 19.1. The molecule has 3 N–H and O–H groups in total. The van der Waals surface area contributed by atoms with Crippen LogP contribution in [0.4, 0.5) is 14.6 Å². The van der Waals surface area contributed by atoms with Gasteiger partial charge in [0.1, 0.15) is 30.3 Å². The zero-order valence-corrected chi connectivity index (χ0v) is 21.3. The Morgan fingerprint density at radius 2 is 2.10 bits per heavy atom. The first kappa shape index (κ1) is 27.4. The molecule has 11 heteroatoms. The topological polar surface area (TPSA) is 119 Å². The van der Waals surface area contributed by atoms with E-state index in [4.69, 9.17) is 10.8 Å². The summed E-state index contributed by atoms with van der Waals surface area (Å²) in [5.74, 6) is -1.18. The number of nitrogens with zero attached hydrogens (tertiary/aromatic N) is 5. The molecule has 1 fully saturated rings. The van der Waals surface area contributed by atoms with E-state index in [0.717, 1.165) is 42.2 Å². The number of carbonyl (C=O) groups is 2. The molecule has 4 rings (SSSR count). The van der Waals surface area contributed by atoms with Gasteiger partial charge in [0.05, 0.1) is 11.4 Å². The molecule has 2 aromatic heterocycles. The normalized spacial score (nSPS) is 16.0. The zero-order chi connectivity index (χ0) is 27.9. The summed E-state index contributed by atoms with van der Waals surface area (Å²) in [5, 5.41) is 8.17. The summed E-state index contributed by atoms with van der Waals surface area (Å²) in [6.45, 7) is 7.62. The molecule has 0 aliphatic carbocycles. The number of nitrogen functional groups attached to an aromatic ring is 1. The van der Waals surface area contributed by atoms with Crippen molar-refractivity contribution < 1.29 is 18.4 Å². The van der Waals surface area contributed by atoms with Crippen molar-refractivity contribution in [2.75, 3.05) is 25.5 Å². The van der Waals surface area contributed by atoms with Gasteiger partial charge in [-0.25, -0.2) is 23.4 Å². The largest absolute Gasteiger partial charge is 0.383 e. The van der Waals surface area contributed by atoms with Crippen molar-refractivity contribution >= 4 is 28.7 Å². The van der Waals surface area contributed by atoms with E-state index in [1.165, 1.54) is 12.4 Å². The molecule has 1 aliphatic rings. The van der Waals surface area contributed by atoms with Crippen molar-refractivity contribution in [3.63, 3.8) is 0 Å². The first-order chi connectivity index (χ1) is 18.8. The van der Waals surface area contributed by atoms with Crippen LogP contribution in [0, 0.1) is 0 Å². The van der Waals surface area contributed by atoms with Crippen molar-refractivity contribution in [2.24, 2.45) is 0 Å². The monoisotopic (exact) mass is 533 g/mol. The lowest BCUT2D eigenvalue weighted by atomic mass is 10.1. The van der Waals surface area contributed by atoms with Gasteiger partial charge in [-0.15, -0.1) is 0 Å². The number of nitrogens with one attached hydrogen (secondary N) is 1. The summed E-state index contributed by atoms with van der Waals surface area (Å²) in [5.41, 5.74) is 8.81. The van der Waals surface area contributed by atoms with Gasteiger partial charge in [0.25, 0.3) is 5.91 Å². The van der Waals surface area contributed by atoms with Crippen LogP contribution in [0.1, 0.15) is 24.4 Å². The molecule has 0 bridgehead atoms. The van der Waals surface area contributed by atoms with E-state index in [1.54, 1.807) is 4.90 Å². The molecular formula is C28H29F2N7O2. The molecule has 3 aromatic rings. The third-order valence-electron chi connectivity index (χ3n) is 6.37. The quantitative estimate of drug-likeness (QED) is 0.317. The maximum Gasteiger partial charge on any atom is 0.251 e. The third-order valence-corrected chi connectivity index (χ3v) is 6.37. The predicted octanol–water partition coefficient (Wildman–Crippen LogP) is 3.98. The van der Waals surface area contributed by atoms with E-state index in [9.17, 15) is 18.4 Å². The van der Waals surface area contributed by atoms with E-state index < -0.39 is 18.4 Å². The van der Waals surface area contributed by atoms with Gasteiger partial charge in [0, 0.05) is 30.8 Å². The molecule has 3 heterocycles. The highest BCUT2D eigenvalue weighted by Crippen LogP contribution is 2.34. The Balaban J connectivity index is 1.59. The molecule has 1 saturated heterocycles. The lowest BCUT2D eigenvalue weighted by Gasteiger charge is -2.32. The molecule has 1 aliphatic heterocycles. The van der Waals surface area contributed by atoms with Crippen molar-refractivity contribution in [1.29, 1.82) is 0 Å². The average Bonchev–Trinajstić information content (AvgIpc) is 3.35. The molecule has 202 valence electrons. The molecule has 0 radical (unpaired) electrons. The lowest BCUT2D eigenvalue weighted by Crippen LogP contribution is -2.40. The first-order valence-electron chi connectivity index (χ1n) is 12.4. The fourth-order valence-corrected chi connectivity index (χ4v) is 4.50. The number of nitrogens with two attached hydrogens (primary N) is 1. The fraction of sp³-hybridized carbons (Fsp3) is 0.250. The maximum atomic E-state index is 13.7. The van der Waals surface area contributed by atoms with Crippen molar-refractivity contribution in [3.8, 4) is 11.3 Å². The van der Waals surface area contributed by atoms with Crippen molar-refractivity contribution in [2.45, 2.75) is 25.4 Å². The second-order valence-electron chi connectivity index (χ2n) is 9.03. The highest BCUT2D eigenvalue weighted by Gasteiger charge is 2.28. The van der Waals surface area contributed by atoms with Crippen LogP contribution in [-0.4, -0.2) is 56.2 Å². The van der Waals surface area contributed by atoms with E-state index in [2.05, 4.69) is 28.4 Å². The summed E-state index contributed by atoms with van der Waals surface area (Å²) in [6, 6.07) is 7.27. The number of hydrogen-bond donors (Lipinski definition) is 2. The number of allylic oxidation sites excluding steroid dienone is 3. The fourth-order valence-electron chi connectivity index (χ4n) is 4.50. The van der Waals surface area contributed by atoms with Crippen LogP contribution in [0.3, 0.4) is 0 Å². The summed E-state index contributed by atoms with van der Waals surface area (Å²) in [6.07, 6.45) is 7.20. The molecule has 39 heavy (non-hydrogen) atoms. The van der Waals surface area contributed by atoms with Crippen LogP contribution < -0.4 is 11.1 Å². The Bertz CT molecular complexity index is 1480. The summed E-state index contributed by atoms with van der Waals surface area (Å²) in [4.78, 5) is 35.0. The van der Waals surface area contributed by atoms with Crippen LogP contribution in [0.2, 0.25) is 0 Å². The summed E-state index contributed by atoms with van der Waals surface area (Å²) >= 11 is 0. The Morgan fingerprint density at radius 3 is 2.87 bits per heavy atom. The van der Waals surface area contributed by atoms with Gasteiger partial charge < -0.3 is 16.0 Å². The molecule has 0 spiro atoms. The van der Waals surface area contributed by atoms with Crippen molar-refractivity contribution in [3.05, 3.63) is 85.0 Å². The van der Waals surface area contributed by atoms with Gasteiger partial charge in [0.15, 0.2) is 5.65 Å². The number of amides is 2. The Hall–Kier alpha value is -4.67. The minimum atomic E-state index is -0.810. The number of fused-ring (bicyclic) bond motifs is 1. The van der Waals surface area contributed by atoms with Gasteiger partial charge in [-0.2, -0.15) is 5.10 Å². The number of piperidine rings is 1. The minimum absolute atomic E-state index is 0.0988.